The third-order valence-corrected chi connectivity index (χ3v) is 2.93. The fraction of sp³-hybridized carbons (Fsp3) is 0.556. The molecule has 0 bridgehead atoms. The zero-order valence-electron chi connectivity index (χ0n) is 8.30. The summed E-state index contributed by atoms with van der Waals surface area (Å²) in [5.74, 6) is 0. The second-order valence-electron chi connectivity index (χ2n) is 3.08. The van der Waals surface area contributed by atoms with Gasteiger partial charge in [0.2, 0.25) is 0 Å². The van der Waals surface area contributed by atoms with Crippen LogP contribution in [0.3, 0.4) is 0 Å². The Labute approximate surface area is 91.2 Å². The molecule has 0 radical (unpaired) electrons. The van der Waals surface area contributed by atoms with Crippen molar-refractivity contribution >= 4 is 21.6 Å². The van der Waals surface area contributed by atoms with Crippen molar-refractivity contribution in [2.24, 2.45) is 0 Å². The Balaban J connectivity index is 2.86. The van der Waals surface area contributed by atoms with Crippen molar-refractivity contribution < 1.29 is 0 Å². The van der Waals surface area contributed by atoms with Gasteiger partial charge in [0.15, 0.2) is 0 Å². The van der Waals surface area contributed by atoms with E-state index in [-0.39, 0.29) is 5.56 Å². The first-order valence-corrected chi connectivity index (χ1v) is 5.48. The van der Waals surface area contributed by atoms with Gasteiger partial charge in [-0.05, 0) is 28.8 Å². The van der Waals surface area contributed by atoms with Gasteiger partial charge in [0, 0.05) is 6.04 Å². The first-order chi connectivity index (χ1) is 6.69. The lowest BCUT2D eigenvalue weighted by molar-refractivity contribution is 0.670. The molecule has 0 saturated carbocycles. The maximum Gasteiger partial charge on any atom is 0.280 e. The molecule has 0 fully saturated rings. The van der Waals surface area contributed by atoms with Crippen LogP contribution in [0.25, 0.3) is 0 Å². The molecule has 1 aromatic heterocycles. The first-order valence-electron chi connectivity index (χ1n) is 4.68. The molecule has 0 spiro atoms. The standard InChI is InChI=1S/C9H14BrN3O/c1-3-6(4-2)12-7-5-11-13-9(14)8(7)10/h5-6H,3-4H2,1-2H3,(H2,12,13,14). The predicted molar refractivity (Wildman–Crippen MR) is 60.6 cm³/mol. The van der Waals surface area contributed by atoms with E-state index in [0.717, 1.165) is 18.5 Å². The Hall–Kier alpha value is -0.840. The fourth-order valence-corrected chi connectivity index (χ4v) is 1.50. The van der Waals surface area contributed by atoms with E-state index in [4.69, 9.17) is 0 Å². The van der Waals surface area contributed by atoms with Crippen LogP contribution in [0, 0.1) is 0 Å². The molecular weight excluding hydrogens is 246 g/mol. The van der Waals surface area contributed by atoms with Gasteiger partial charge in [0.25, 0.3) is 5.56 Å². The maximum atomic E-state index is 11.2. The molecule has 0 aliphatic heterocycles. The number of nitrogens with one attached hydrogen (secondary N) is 2. The summed E-state index contributed by atoms with van der Waals surface area (Å²) in [6, 6.07) is 0.384. The molecule has 2 N–H and O–H groups in total. The summed E-state index contributed by atoms with van der Waals surface area (Å²) in [6.45, 7) is 4.21. The van der Waals surface area contributed by atoms with E-state index < -0.39 is 0 Å². The highest BCUT2D eigenvalue weighted by molar-refractivity contribution is 9.10. The van der Waals surface area contributed by atoms with Crippen molar-refractivity contribution in [3.05, 3.63) is 21.0 Å². The largest absolute Gasteiger partial charge is 0.380 e. The van der Waals surface area contributed by atoms with Crippen molar-refractivity contribution in [2.45, 2.75) is 32.7 Å². The van der Waals surface area contributed by atoms with Crippen LogP contribution in [-0.4, -0.2) is 16.2 Å². The molecule has 1 aromatic rings. The van der Waals surface area contributed by atoms with Gasteiger partial charge in [-0.25, -0.2) is 5.10 Å². The summed E-state index contributed by atoms with van der Waals surface area (Å²) in [5, 5.41) is 9.35. The zero-order valence-corrected chi connectivity index (χ0v) is 9.89. The number of aromatic amines is 1. The molecule has 0 amide bonds. The molecule has 0 aliphatic carbocycles. The van der Waals surface area contributed by atoms with Crippen LogP contribution < -0.4 is 10.9 Å². The Morgan fingerprint density at radius 1 is 1.57 bits per heavy atom. The van der Waals surface area contributed by atoms with E-state index in [1.165, 1.54) is 0 Å². The number of aromatic nitrogens is 2. The smallest absolute Gasteiger partial charge is 0.280 e. The van der Waals surface area contributed by atoms with Crippen LogP contribution in [0.2, 0.25) is 0 Å². The van der Waals surface area contributed by atoms with Gasteiger partial charge >= 0.3 is 0 Å². The van der Waals surface area contributed by atoms with Gasteiger partial charge in [0.05, 0.1) is 11.9 Å². The monoisotopic (exact) mass is 259 g/mol. The van der Waals surface area contributed by atoms with E-state index in [0.29, 0.717) is 10.5 Å². The summed E-state index contributed by atoms with van der Waals surface area (Å²) in [4.78, 5) is 11.2. The number of rotatable bonds is 4. The van der Waals surface area contributed by atoms with E-state index in [1.807, 2.05) is 0 Å². The minimum atomic E-state index is -0.207. The zero-order chi connectivity index (χ0) is 10.6. The maximum absolute atomic E-state index is 11.2. The van der Waals surface area contributed by atoms with Crippen LogP contribution in [0.15, 0.2) is 15.5 Å². The summed E-state index contributed by atoms with van der Waals surface area (Å²) in [6.07, 6.45) is 3.66. The average Bonchev–Trinajstić information content (AvgIpc) is 2.20. The molecule has 0 unspecified atom stereocenters. The molecule has 0 atom stereocenters. The summed E-state index contributed by atoms with van der Waals surface area (Å²) >= 11 is 3.22. The van der Waals surface area contributed by atoms with Gasteiger partial charge in [0.1, 0.15) is 4.47 Å². The number of hydrogen-bond acceptors (Lipinski definition) is 3. The SMILES string of the molecule is CCC(CC)Nc1cn[nH]c(=O)c1Br. The normalized spacial score (nSPS) is 10.6. The van der Waals surface area contributed by atoms with E-state index >= 15 is 0 Å². The van der Waals surface area contributed by atoms with Crippen molar-refractivity contribution in [2.75, 3.05) is 5.32 Å². The molecule has 1 rings (SSSR count). The lowest BCUT2D eigenvalue weighted by Crippen LogP contribution is -2.20. The van der Waals surface area contributed by atoms with Crippen LogP contribution in [0.1, 0.15) is 26.7 Å². The number of halogens is 1. The lowest BCUT2D eigenvalue weighted by Gasteiger charge is -2.16. The molecule has 4 nitrogen and oxygen atoms in total. The van der Waals surface area contributed by atoms with Crippen LogP contribution in [0.5, 0.6) is 0 Å². The topological polar surface area (TPSA) is 57.8 Å². The van der Waals surface area contributed by atoms with Crippen LogP contribution in [0.4, 0.5) is 5.69 Å². The van der Waals surface area contributed by atoms with E-state index in [9.17, 15) is 4.79 Å². The molecular formula is C9H14BrN3O. The summed E-state index contributed by atoms with van der Waals surface area (Å²) < 4.78 is 0.513. The van der Waals surface area contributed by atoms with Gasteiger partial charge < -0.3 is 5.32 Å². The van der Waals surface area contributed by atoms with Gasteiger partial charge in [-0.15, -0.1) is 0 Å². The number of hydrogen-bond donors (Lipinski definition) is 2. The molecule has 14 heavy (non-hydrogen) atoms. The minimum absolute atomic E-state index is 0.207. The van der Waals surface area contributed by atoms with Crippen LogP contribution in [-0.2, 0) is 0 Å². The van der Waals surface area contributed by atoms with Gasteiger partial charge in [-0.1, -0.05) is 13.8 Å². The first kappa shape index (κ1) is 11.2. The van der Waals surface area contributed by atoms with Crippen molar-refractivity contribution in [3.8, 4) is 0 Å². The Morgan fingerprint density at radius 2 is 2.21 bits per heavy atom. The second-order valence-corrected chi connectivity index (χ2v) is 3.88. The molecule has 78 valence electrons. The third-order valence-electron chi connectivity index (χ3n) is 2.14. The van der Waals surface area contributed by atoms with E-state index in [1.54, 1.807) is 6.20 Å². The van der Waals surface area contributed by atoms with Crippen LogP contribution >= 0.6 is 15.9 Å². The Kier molecular flexibility index (Phi) is 4.13. The molecule has 0 aromatic carbocycles. The van der Waals surface area contributed by atoms with Gasteiger partial charge in [-0.3, -0.25) is 4.79 Å². The molecule has 5 heteroatoms. The second kappa shape index (κ2) is 5.14. The quantitative estimate of drug-likeness (QED) is 0.871. The highest BCUT2D eigenvalue weighted by atomic mass is 79.9. The van der Waals surface area contributed by atoms with Crippen molar-refractivity contribution in [1.29, 1.82) is 0 Å². The summed E-state index contributed by atoms with van der Waals surface area (Å²) in [5.41, 5.74) is 0.545. The molecule has 0 aliphatic rings. The number of H-pyrrole nitrogens is 1. The number of anilines is 1. The van der Waals surface area contributed by atoms with E-state index in [2.05, 4.69) is 45.3 Å². The highest BCUT2D eigenvalue weighted by Gasteiger charge is 2.08. The van der Waals surface area contributed by atoms with Crippen molar-refractivity contribution in [3.63, 3.8) is 0 Å². The average molecular weight is 260 g/mol. The Bertz CT molecular complexity index is 346. The third kappa shape index (κ3) is 2.57. The lowest BCUT2D eigenvalue weighted by atomic mass is 10.2. The molecule has 0 saturated heterocycles. The molecule has 1 heterocycles. The minimum Gasteiger partial charge on any atom is -0.380 e. The van der Waals surface area contributed by atoms with Gasteiger partial charge in [-0.2, -0.15) is 5.10 Å². The fourth-order valence-electron chi connectivity index (χ4n) is 1.20. The number of nitrogens with zero attached hydrogens (tertiary/aromatic N) is 1. The predicted octanol–water partition coefficient (Wildman–Crippen LogP) is 2.13. The summed E-state index contributed by atoms with van der Waals surface area (Å²) in [7, 11) is 0. The Morgan fingerprint density at radius 3 is 2.79 bits per heavy atom. The highest BCUT2D eigenvalue weighted by Crippen LogP contribution is 2.17. The van der Waals surface area contributed by atoms with Crippen molar-refractivity contribution in [1.82, 2.24) is 10.2 Å².